The van der Waals surface area contributed by atoms with Gasteiger partial charge in [0.2, 0.25) is 0 Å². The van der Waals surface area contributed by atoms with Crippen LogP contribution in [0.1, 0.15) is 31.2 Å². The van der Waals surface area contributed by atoms with Crippen LogP contribution in [-0.2, 0) is 10.3 Å². The molecule has 1 saturated carbocycles. The molecule has 6 nitrogen and oxygen atoms in total. The molecular formula is C17H23ClN4O2. The van der Waals surface area contributed by atoms with Gasteiger partial charge in [-0.15, -0.1) is 12.4 Å². The normalized spacial score (nSPS) is 27.8. The van der Waals surface area contributed by atoms with Crippen molar-refractivity contribution in [1.29, 1.82) is 0 Å². The molecule has 1 aromatic heterocycles. The van der Waals surface area contributed by atoms with Crippen molar-refractivity contribution in [2.45, 2.75) is 31.2 Å². The van der Waals surface area contributed by atoms with E-state index in [0.29, 0.717) is 12.5 Å². The van der Waals surface area contributed by atoms with Crippen LogP contribution in [0.4, 0.5) is 4.79 Å². The second-order valence-electron chi connectivity index (χ2n) is 6.86. The zero-order valence-electron chi connectivity index (χ0n) is 13.5. The van der Waals surface area contributed by atoms with Crippen LogP contribution in [0.25, 0.3) is 0 Å². The molecule has 1 aromatic rings. The molecule has 3 heterocycles. The van der Waals surface area contributed by atoms with Crippen molar-refractivity contribution < 1.29 is 9.59 Å². The maximum atomic E-state index is 13.3. The minimum Gasteiger partial charge on any atom is -0.319 e. The summed E-state index contributed by atoms with van der Waals surface area (Å²) in [6, 6.07) is 3.50. The first kappa shape index (κ1) is 17.2. The summed E-state index contributed by atoms with van der Waals surface area (Å²) in [6.07, 6.45) is 7.40. The molecule has 0 bridgehead atoms. The lowest BCUT2D eigenvalue weighted by Crippen LogP contribution is -2.53. The lowest BCUT2D eigenvalue weighted by atomic mass is 9.74. The summed E-state index contributed by atoms with van der Waals surface area (Å²) < 4.78 is 0. The Labute approximate surface area is 147 Å². The van der Waals surface area contributed by atoms with Crippen LogP contribution in [-0.4, -0.2) is 41.5 Å². The van der Waals surface area contributed by atoms with E-state index in [0.717, 1.165) is 44.3 Å². The van der Waals surface area contributed by atoms with Gasteiger partial charge < -0.3 is 10.6 Å². The highest BCUT2D eigenvalue weighted by Crippen LogP contribution is 2.41. The number of hydrogen-bond donors (Lipinski definition) is 2. The molecule has 3 amide bonds. The number of rotatable bonds is 4. The zero-order valence-corrected chi connectivity index (χ0v) is 14.3. The summed E-state index contributed by atoms with van der Waals surface area (Å²) in [7, 11) is 0. The minimum atomic E-state index is -0.942. The molecule has 7 heteroatoms. The molecule has 24 heavy (non-hydrogen) atoms. The fourth-order valence-corrected chi connectivity index (χ4v) is 3.88. The molecule has 1 atom stereocenters. The maximum Gasteiger partial charge on any atom is 0.325 e. The van der Waals surface area contributed by atoms with Gasteiger partial charge in [0.15, 0.2) is 5.54 Å². The molecular weight excluding hydrogens is 328 g/mol. The van der Waals surface area contributed by atoms with Crippen LogP contribution in [0, 0.1) is 11.8 Å². The van der Waals surface area contributed by atoms with E-state index in [1.807, 2.05) is 12.1 Å². The summed E-state index contributed by atoms with van der Waals surface area (Å²) in [6.45, 7) is 2.30. The minimum absolute atomic E-state index is 0. The van der Waals surface area contributed by atoms with E-state index >= 15 is 0 Å². The van der Waals surface area contributed by atoms with E-state index in [1.165, 1.54) is 4.90 Å². The largest absolute Gasteiger partial charge is 0.325 e. The molecule has 0 radical (unpaired) electrons. The Morgan fingerprint density at radius 3 is 2.58 bits per heavy atom. The van der Waals surface area contributed by atoms with Crippen molar-refractivity contribution in [1.82, 2.24) is 20.5 Å². The molecule has 0 aromatic carbocycles. The van der Waals surface area contributed by atoms with Crippen LogP contribution >= 0.6 is 12.4 Å². The van der Waals surface area contributed by atoms with Crippen LogP contribution in [0.3, 0.4) is 0 Å². The Morgan fingerprint density at radius 1 is 1.21 bits per heavy atom. The topological polar surface area (TPSA) is 74.3 Å². The number of piperidine rings is 1. The highest BCUT2D eigenvalue weighted by atomic mass is 35.5. The molecule has 2 aliphatic heterocycles. The van der Waals surface area contributed by atoms with Gasteiger partial charge in [-0.3, -0.25) is 14.7 Å². The second kappa shape index (κ2) is 6.69. The molecule has 1 unspecified atom stereocenters. The summed E-state index contributed by atoms with van der Waals surface area (Å²) in [5, 5.41) is 6.39. The van der Waals surface area contributed by atoms with Crippen molar-refractivity contribution in [2.24, 2.45) is 11.8 Å². The van der Waals surface area contributed by atoms with Crippen LogP contribution in [0.15, 0.2) is 24.5 Å². The number of aromatic nitrogens is 1. The average molecular weight is 351 g/mol. The summed E-state index contributed by atoms with van der Waals surface area (Å²) in [4.78, 5) is 31.5. The lowest BCUT2D eigenvalue weighted by molar-refractivity contribution is -0.134. The monoisotopic (exact) mass is 350 g/mol. The number of carbonyl (C=O) groups excluding carboxylic acids is 2. The van der Waals surface area contributed by atoms with Crippen molar-refractivity contribution in [3.05, 3.63) is 30.1 Å². The number of urea groups is 1. The number of pyridine rings is 1. The Morgan fingerprint density at radius 2 is 1.96 bits per heavy atom. The molecule has 1 aliphatic carbocycles. The van der Waals surface area contributed by atoms with Crippen LogP contribution in [0.2, 0.25) is 0 Å². The van der Waals surface area contributed by atoms with Gasteiger partial charge in [0.05, 0.1) is 0 Å². The van der Waals surface area contributed by atoms with Gasteiger partial charge in [0.1, 0.15) is 0 Å². The third-order valence-corrected chi connectivity index (χ3v) is 5.34. The summed E-state index contributed by atoms with van der Waals surface area (Å²) in [5.74, 6) is 0.505. The van der Waals surface area contributed by atoms with Gasteiger partial charge in [0, 0.05) is 24.5 Å². The SMILES string of the molecule is Cl.O=C1NC(c2cccnc2)(C2CCNCC2)C(=O)N1CC1CC1. The van der Waals surface area contributed by atoms with Crippen LogP contribution < -0.4 is 10.6 Å². The molecule has 130 valence electrons. The highest BCUT2D eigenvalue weighted by molar-refractivity contribution is 6.07. The number of imide groups is 1. The van der Waals surface area contributed by atoms with E-state index in [-0.39, 0.29) is 30.3 Å². The van der Waals surface area contributed by atoms with E-state index in [4.69, 9.17) is 0 Å². The number of hydrogen-bond acceptors (Lipinski definition) is 4. The van der Waals surface area contributed by atoms with Gasteiger partial charge in [0.25, 0.3) is 5.91 Å². The molecule has 3 fully saturated rings. The fraction of sp³-hybridized carbons (Fsp3) is 0.588. The number of halogens is 1. The first-order valence-corrected chi connectivity index (χ1v) is 8.47. The second-order valence-corrected chi connectivity index (χ2v) is 6.86. The third-order valence-electron chi connectivity index (χ3n) is 5.34. The summed E-state index contributed by atoms with van der Waals surface area (Å²) >= 11 is 0. The quantitative estimate of drug-likeness (QED) is 0.810. The number of amides is 3. The highest BCUT2D eigenvalue weighted by Gasteiger charge is 2.57. The predicted octanol–water partition coefficient (Wildman–Crippen LogP) is 1.66. The first-order valence-electron chi connectivity index (χ1n) is 8.47. The molecule has 2 N–H and O–H groups in total. The van der Waals surface area contributed by atoms with Crippen molar-refractivity contribution >= 4 is 24.3 Å². The molecule has 3 aliphatic rings. The number of nitrogens with one attached hydrogen (secondary N) is 2. The molecule has 2 saturated heterocycles. The van der Waals surface area contributed by atoms with Crippen molar-refractivity contribution in [3.8, 4) is 0 Å². The van der Waals surface area contributed by atoms with Gasteiger partial charge in [-0.2, -0.15) is 0 Å². The maximum absolute atomic E-state index is 13.3. The standard InChI is InChI=1S/C17H22N4O2.ClH/c22-15-17(13-5-8-18-9-6-13,14-2-1-7-19-10-14)20-16(23)21(15)11-12-3-4-12;/h1-2,7,10,12-13,18H,3-6,8-9,11H2,(H,20,23);1H. The van der Waals surface area contributed by atoms with E-state index in [2.05, 4.69) is 15.6 Å². The molecule has 0 spiro atoms. The number of nitrogens with zero attached hydrogens (tertiary/aromatic N) is 2. The fourth-order valence-electron chi connectivity index (χ4n) is 3.88. The Balaban J connectivity index is 0.00000169. The Bertz CT molecular complexity index is 616. The van der Waals surface area contributed by atoms with Gasteiger partial charge >= 0.3 is 6.03 Å². The van der Waals surface area contributed by atoms with Gasteiger partial charge in [-0.25, -0.2) is 4.79 Å². The molecule has 4 rings (SSSR count). The predicted molar refractivity (Wildman–Crippen MR) is 91.7 cm³/mol. The van der Waals surface area contributed by atoms with E-state index < -0.39 is 5.54 Å². The van der Waals surface area contributed by atoms with E-state index in [1.54, 1.807) is 12.4 Å². The van der Waals surface area contributed by atoms with Gasteiger partial charge in [-0.05, 0) is 56.7 Å². The third kappa shape index (κ3) is 2.78. The first-order chi connectivity index (χ1) is 11.2. The van der Waals surface area contributed by atoms with Crippen molar-refractivity contribution in [2.75, 3.05) is 19.6 Å². The zero-order chi connectivity index (χ0) is 15.9. The Hall–Kier alpha value is -1.66. The van der Waals surface area contributed by atoms with Crippen LogP contribution in [0.5, 0.6) is 0 Å². The van der Waals surface area contributed by atoms with E-state index in [9.17, 15) is 9.59 Å². The lowest BCUT2D eigenvalue weighted by Gasteiger charge is -2.37. The Kier molecular flexibility index (Phi) is 4.78. The van der Waals surface area contributed by atoms with Gasteiger partial charge in [-0.1, -0.05) is 6.07 Å². The summed E-state index contributed by atoms with van der Waals surface area (Å²) in [5.41, 5.74) is -0.133. The smallest absolute Gasteiger partial charge is 0.319 e. The average Bonchev–Trinajstić information content (AvgIpc) is 3.38. The number of carbonyl (C=O) groups is 2. The van der Waals surface area contributed by atoms with Crippen molar-refractivity contribution in [3.63, 3.8) is 0 Å².